The fourth-order valence-corrected chi connectivity index (χ4v) is 2.04. The van der Waals surface area contributed by atoms with Gasteiger partial charge in [-0.2, -0.15) is 5.26 Å². The standard InChI is InChI=1S/C9H13NO2/c1-7-8(6-10)12-9(11-7)4-2-3-5-9/h7-8H,2-5H2,1H3. The number of hydrogen-bond donors (Lipinski definition) is 0. The Bertz CT molecular complexity index is 215. The molecule has 2 rings (SSSR count). The summed E-state index contributed by atoms with van der Waals surface area (Å²) in [5.74, 6) is -0.389. The molecule has 1 aliphatic carbocycles. The molecule has 0 aromatic rings. The number of ether oxygens (including phenoxy) is 2. The molecule has 1 saturated carbocycles. The molecule has 2 aliphatic rings. The zero-order valence-corrected chi connectivity index (χ0v) is 7.25. The van der Waals surface area contributed by atoms with Crippen LogP contribution in [0.4, 0.5) is 0 Å². The van der Waals surface area contributed by atoms with E-state index in [0.717, 1.165) is 25.7 Å². The first-order valence-electron chi connectivity index (χ1n) is 4.51. The Labute approximate surface area is 72.3 Å². The second-order valence-corrected chi connectivity index (χ2v) is 3.61. The number of rotatable bonds is 0. The van der Waals surface area contributed by atoms with Gasteiger partial charge in [0.15, 0.2) is 11.9 Å². The summed E-state index contributed by atoms with van der Waals surface area (Å²) in [5, 5.41) is 8.73. The zero-order chi connectivity index (χ0) is 8.60. The summed E-state index contributed by atoms with van der Waals surface area (Å²) >= 11 is 0. The molecule has 0 bridgehead atoms. The average Bonchev–Trinajstić information content (AvgIpc) is 2.60. The van der Waals surface area contributed by atoms with E-state index in [-0.39, 0.29) is 18.0 Å². The van der Waals surface area contributed by atoms with Gasteiger partial charge >= 0.3 is 0 Å². The van der Waals surface area contributed by atoms with Crippen LogP contribution in [-0.4, -0.2) is 18.0 Å². The maximum absolute atomic E-state index is 8.73. The summed E-state index contributed by atoms with van der Waals surface area (Å²) in [4.78, 5) is 0. The smallest absolute Gasteiger partial charge is 0.173 e. The van der Waals surface area contributed by atoms with Crippen LogP contribution in [0.1, 0.15) is 32.6 Å². The summed E-state index contributed by atoms with van der Waals surface area (Å²) in [6.45, 7) is 1.90. The second-order valence-electron chi connectivity index (χ2n) is 3.61. The highest BCUT2D eigenvalue weighted by Gasteiger charge is 2.47. The quantitative estimate of drug-likeness (QED) is 0.550. The van der Waals surface area contributed by atoms with Crippen LogP contribution in [0.25, 0.3) is 0 Å². The first-order chi connectivity index (χ1) is 5.76. The Morgan fingerprint density at radius 2 is 2.00 bits per heavy atom. The van der Waals surface area contributed by atoms with Crippen LogP contribution < -0.4 is 0 Å². The van der Waals surface area contributed by atoms with Crippen LogP contribution in [0.3, 0.4) is 0 Å². The molecule has 66 valence electrons. The molecular formula is C9H13NO2. The number of hydrogen-bond acceptors (Lipinski definition) is 3. The van der Waals surface area contributed by atoms with Gasteiger partial charge in [0.25, 0.3) is 0 Å². The molecule has 2 atom stereocenters. The monoisotopic (exact) mass is 167 g/mol. The van der Waals surface area contributed by atoms with E-state index in [0.29, 0.717) is 0 Å². The fourth-order valence-electron chi connectivity index (χ4n) is 2.04. The molecule has 1 saturated heterocycles. The van der Waals surface area contributed by atoms with Crippen molar-refractivity contribution in [3.63, 3.8) is 0 Å². The highest BCUT2D eigenvalue weighted by atomic mass is 16.8. The zero-order valence-electron chi connectivity index (χ0n) is 7.25. The lowest BCUT2D eigenvalue weighted by atomic mass is 10.2. The van der Waals surface area contributed by atoms with E-state index < -0.39 is 0 Å². The maximum Gasteiger partial charge on any atom is 0.173 e. The summed E-state index contributed by atoms with van der Waals surface area (Å²) < 4.78 is 11.3. The third-order valence-corrected chi connectivity index (χ3v) is 2.66. The van der Waals surface area contributed by atoms with Crippen molar-refractivity contribution in [1.82, 2.24) is 0 Å². The van der Waals surface area contributed by atoms with Crippen molar-refractivity contribution in [1.29, 1.82) is 5.26 Å². The van der Waals surface area contributed by atoms with Crippen LogP contribution in [0.2, 0.25) is 0 Å². The van der Waals surface area contributed by atoms with E-state index in [1.165, 1.54) is 0 Å². The molecule has 2 fully saturated rings. The van der Waals surface area contributed by atoms with Crippen LogP contribution in [0, 0.1) is 11.3 Å². The third kappa shape index (κ3) is 1.12. The lowest BCUT2D eigenvalue weighted by Crippen LogP contribution is -2.26. The van der Waals surface area contributed by atoms with Gasteiger partial charge in [0.2, 0.25) is 0 Å². The lowest BCUT2D eigenvalue weighted by molar-refractivity contribution is -0.164. The molecule has 1 aliphatic heterocycles. The molecule has 1 spiro atoms. The van der Waals surface area contributed by atoms with Crippen molar-refractivity contribution in [3.05, 3.63) is 0 Å². The first kappa shape index (κ1) is 8.03. The molecule has 0 aromatic heterocycles. The molecule has 1 heterocycles. The predicted octanol–water partition coefficient (Wildman–Crippen LogP) is 1.58. The van der Waals surface area contributed by atoms with Crippen molar-refractivity contribution in [3.8, 4) is 6.07 Å². The molecule has 0 amide bonds. The molecule has 0 radical (unpaired) electrons. The number of nitrogens with zero attached hydrogens (tertiary/aromatic N) is 1. The highest BCUT2D eigenvalue weighted by molar-refractivity contribution is 4.97. The van der Waals surface area contributed by atoms with E-state index in [1.54, 1.807) is 0 Å². The Hall–Kier alpha value is -0.590. The Balaban J connectivity index is 2.09. The van der Waals surface area contributed by atoms with E-state index >= 15 is 0 Å². The van der Waals surface area contributed by atoms with Gasteiger partial charge in [-0.15, -0.1) is 0 Å². The Morgan fingerprint density at radius 3 is 2.50 bits per heavy atom. The Kier molecular flexibility index (Phi) is 1.82. The molecule has 0 aromatic carbocycles. The molecule has 2 unspecified atom stereocenters. The number of nitriles is 1. The minimum Gasteiger partial charge on any atom is -0.343 e. The van der Waals surface area contributed by atoms with Crippen molar-refractivity contribution in [2.24, 2.45) is 0 Å². The van der Waals surface area contributed by atoms with E-state index in [4.69, 9.17) is 14.7 Å². The SMILES string of the molecule is CC1OC2(CCCC2)OC1C#N. The van der Waals surface area contributed by atoms with Crippen molar-refractivity contribution in [2.75, 3.05) is 0 Å². The summed E-state index contributed by atoms with van der Waals surface area (Å²) in [6, 6.07) is 2.12. The third-order valence-electron chi connectivity index (χ3n) is 2.66. The van der Waals surface area contributed by atoms with E-state index in [9.17, 15) is 0 Å². The van der Waals surface area contributed by atoms with Crippen LogP contribution in [0.15, 0.2) is 0 Å². The molecule has 0 N–H and O–H groups in total. The molecule has 12 heavy (non-hydrogen) atoms. The first-order valence-corrected chi connectivity index (χ1v) is 4.51. The summed E-state index contributed by atoms with van der Waals surface area (Å²) in [6.07, 6.45) is 3.80. The van der Waals surface area contributed by atoms with Gasteiger partial charge in [0, 0.05) is 12.8 Å². The lowest BCUT2D eigenvalue weighted by Gasteiger charge is -2.20. The Morgan fingerprint density at radius 1 is 1.33 bits per heavy atom. The predicted molar refractivity (Wildman–Crippen MR) is 42.2 cm³/mol. The van der Waals surface area contributed by atoms with Gasteiger partial charge < -0.3 is 9.47 Å². The summed E-state index contributed by atoms with van der Waals surface area (Å²) in [5.41, 5.74) is 0. The highest BCUT2D eigenvalue weighted by Crippen LogP contribution is 2.41. The molecule has 3 heteroatoms. The van der Waals surface area contributed by atoms with Crippen molar-refractivity contribution >= 4 is 0 Å². The van der Waals surface area contributed by atoms with E-state index in [1.807, 2.05) is 6.92 Å². The largest absolute Gasteiger partial charge is 0.343 e. The van der Waals surface area contributed by atoms with Gasteiger partial charge in [0.05, 0.1) is 12.2 Å². The van der Waals surface area contributed by atoms with Gasteiger partial charge in [-0.25, -0.2) is 0 Å². The van der Waals surface area contributed by atoms with Crippen LogP contribution in [-0.2, 0) is 9.47 Å². The summed E-state index contributed by atoms with van der Waals surface area (Å²) in [7, 11) is 0. The molecule has 3 nitrogen and oxygen atoms in total. The van der Waals surface area contributed by atoms with Gasteiger partial charge in [-0.1, -0.05) is 0 Å². The topological polar surface area (TPSA) is 42.2 Å². The second kappa shape index (κ2) is 2.72. The molecular weight excluding hydrogens is 154 g/mol. The van der Waals surface area contributed by atoms with Gasteiger partial charge in [-0.05, 0) is 19.8 Å². The van der Waals surface area contributed by atoms with E-state index in [2.05, 4.69) is 6.07 Å². The maximum atomic E-state index is 8.73. The minimum atomic E-state index is -0.389. The van der Waals surface area contributed by atoms with Crippen molar-refractivity contribution < 1.29 is 9.47 Å². The van der Waals surface area contributed by atoms with Gasteiger partial charge in [0.1, 0.15) is 0 Å². The van der Waals surface area contributed by atoms with Crippen molar-refractivity contribution in [2.45, 2.75) is 50.6 Å². The van der Waals surface area contributed by atoms with Gasteiger partial charge in [-0.3, -0.25) is 0 Å². The average molecular weight is 167 g/mol. The fraction of sp³-hybridized carbons (Fsp3) is 0.889. The normalized spacial score (nSPS) is 38.7. The van der Waals surface area contributed by atoms with Crippen LogP contribution in [0.5, 0.6) is 0 Å². The van der Waals surface area contributed by atoms with Crippen LogP contribution >= 0.6 is 0 Å². The minimum absolute atomic E-state index is 0.0619.